The third-order valence-electron chi connectivity index (χ3n) is 4.32. The maximum Gasteiger partial charge on any atom is 0.495 e. The van der Waals surface area contributed by atoms with Gasteiger partial charge in [0.1, 0.15) is 5.75 Å². The van der Waals surface area contributed by atoms with Crippen LogP contribution in [-0.4, -0.2) is 31.2 Å². The highest BCUT2D eigenvalue weighted by molar-refractivity contribution is 7.98. The van der Waals surface area contributed by atoms with Crippen LogP contribution in [0.5, 0.6) is 5.75 Å². The number of thioether (sulfide) groups is 1. The van der Waals surface area contributed by atoms with Crippen molar-refractivity contribution in [3.05, 3.63) is 23.8 Å². The van der Waals surface area contributed by atoms with Gasteiger partial charge < -0.3 is 14.0 Å². The van der Waals surface area contributed by atoms with Gasteiger partial charge >= 0.3 is 7.12 Å². The molecule has 0 bridgehead atoms. The molecular formula is C16H25BO3S. The molecule has 21 heavy (non-hydrogen) atoms. The zero-order valence-corrected chi connectivity index (χ0v) is 14.7. The minimum Gasteiger partial charge on any atom is -0.497 e. The van der Waals surface area contributed by atoms with Gasteiger partial charge in [-0.1, -0.05) is 13.0 Å². The van der Waals surface area contributed by atoms with E-state index in [4.69, 9.17) is 14.0 Å². The third kappa shape index (κ3) is 3.41. The molecule has 0 atom stereocenters. The molecule has 0 aromatic heterocycles. The van der Waals surface area contributed by atoms with Crippen molar-refractivity contribution in [1.82, 2.24) is 0 Å². The highest BCUT2D eigenvalue weighted by atomic mass is 32.2. The van der Waals surface area contributed by atoms with Gasteiger partial charge in [-0.25, -0.2) is 0 Å². The summed E-state index contributed by atoms with van der Waals surface area (Å²) in [5.41, 5.74) is 1.70. The molecule has 116 valence electrons. The van der Waals surface area contributed by atoms with Crippen molar-refractivity contribution >= 4 is 24.3 Å². The number of benzene rings is 1. The summed E-state index contributed by atoms with van der Waals surface area (Å²) in [5, 5.41) is 0. The van der Waals surface area contributed by atoms with Gasteiger partial charge in [-0.05, 0) is 56.6 Å². The maximum atomic E-state index is 6.17. The molecule has 0 amide bonds. The molecule has 0 spiro atoms. The van der Waals surface area contributed by atoms with Crippen LogP contribution < -0.4 is 10.2 Å². The SMILES string of the molecule is CCSCc1cc(OC)ccc1B1OC(C)(C)C(C)(C)O1. The van der Waals surface area contributed by atoms with Crippen molar-refractivity contribution in [3.63, 3.8) is 0 Å². The molecule has 3 nitrogen and oxygen atoms in total. The first-order valence-electron chi connectivity index (χ1n) is 7.41. The van der Waals surface area contributed by atoms with E-state index >= 15 is 0 Å². The number of hydrogen-bond acceptors (Lipinski definition) is 4. The van der Waals surface area contributed by atoms with E-state index in [2.05, 4.69) is 46.8 Å². The summed E-state index contributed by atoms with van der Waals surface area (Å²) < 4.78 is 17.7. The van der Waals surface area contributed by atoms with Crippen molar-refractivity contribution in [1.29, 1.82) is 0 Å². The van der Waals surface area contributed by atoms with Crippen LogP contribution >= 0.6 is 11.8 Å². The van der Waals surface area contributed by atoms with Crippen LogP contribution in [0.2, 0.25) is 0 Å². The summed E-state index contributed by atoms with van der Waals surface area (Å²) >= 11 is 1.89. The van der Waals surface area contributed by atoms with Gasteiger partial charge in [0.2, 0.25) is 0 Å². The smallest absolute Gasteiger partial charge is 0.495 e. The lowest BCUT2D eigenvalue weighted by atomic mass is 9.76. The molecule has 1 aliphatic heterocycles. The van der Waals surface area contributed by atoms with Crippen LogP contribution in [0.15, 0.2) is 18.2 Å². The molecular weight excluding hydrogens is 283 g/mol. The Morgan fingerprint density at radius 2 is 1.76 bits per heavy atom. The molecule has 0 radical (unpaired) electrons. The third-order valence-corrected chi connectivity index (χ3v) is 5.24. The second-order valence-electron chi connectivity index (χ2n) is 6.29. The van der Waals surface area contributed by atoms with E-state index in [-0.39, 0.29) is 18.3 Å². The predicted molar refractivity (Wildman–Crippen MR) is 90.5 cm³/mol. The van der Waals surface area contributed by atoms with Crippen LogP contribution in [0, 0.1) is 0 Å². The van der Waals surface area contributed by atoms with Crippen LogP contribution in [0.4, 0.5) is 0 Å². The van der Waals surface area contributed by atoms with Gasteiger partial charge in [-0.3, -0.25) is 0 Å². The van der Waals surface area contributed by atoms with Crippen molar-refractivity contribution in [3.8, 4) is 5.75 Å². The molecule has 1 aromatic carbocycles. The average molecular weight is 308 g/mol. The van der Waals surface area contributed by atoms with E-state index < -0.39 is 0 Å². The molecule has 1 heterocycles. The minimum atomic E-state index is -0.313. The summed E-state index contributed by atoms with van der Waals surface area (Å²) in [4.78, 5) is 0. The second kappa shape index (κ2) is 6.23. The van der Waals surface area contributed by atoms with Crippen LogP contribution in [0.3, 0.4) is 0 Å². The topological polar surface area (TPSA) is 27.7 Å². The Morgan fingerprint density at radius 1 is 1.14 bits per heavy atom. The zero-order chi connectivity index (χ0) is 15.7. The van der Waals surface area contributed by atoms with Crippen molar-refractivity contribution < 1.29 is 14.0 Å². The molecule has 5 heteroatoms. The Balaban J connectivity index is 2.31. The minimum absolute atomic E-state index is 0.312. The fraction of sp³-hybridized carbons (Fsp3) is 0.625. The van der Waals surface area contributed by atoms with Gasteiger partial charge in [0.15, 0.2) is 0 Å². The van der Waals surface area contributed by atoms with Gasteiger partial charge in [-0.15, -0.1) is 0 Å². The second-order valence-corrected chi connectivity index (χ2v) is 7.56. The Hall–Kier alpha value is -0.645. The van der Waals surface area contributed by atoms with Gasteiger partial charge in [-0.2, -0.15) is 11.8 Å². The first-order chi connectivity index (χ1) is 9.80. The van der Waals surface area contributed by atoms with Crippen LogP contribution in [-0.2, 0) is 15.1 Å². The largest absolute Gasteiger partial charge is 0.497 e. The molecule has 0 saturated carbocycles. The van der Waals surface area contributed by atoms with Crippen molar-refractivity contribution in [2.24, 2.45) is 0 Å². The number of rotatable bonds is 5. The zero-order valence-electron chi connectivity index (χ0n) is 13.9. The molecule has 0 aliphatic carbocycles. The molecule has 1 saturated heterocycles. The Morgan fingerprint density at radius 3 is 2.29 bits per heavy atom. The Labute approximate surface area is 132 Å². The van der Waals surface area contributed by atoms with E-state index in [0.717, 1.165) is 22.7 Å². The lowest BCUT2D eigenvalue weighted by molar-refractivity contribution is 0.00578. The summed E-state index contributed by atoms with van der Waals surface area (Å²) in [6, 6.07) is 6.12. The number of hydrogen-bond donors (Lipinski definition) is 0. The normalized spacial score (nSPS) is 19.8. The van der Waals surface area contributed by atoms with Crippen LogP contribution in [0.1, 0.15) is 40.2 Å². The van der Waals surface area contributed by atoms with Crippen molar-refractivity contribution in [2.75, 3.05) is 12.9 Å². The first kappa shape index (κ1) is 16.7. The first-order valence-corrected chi connectivity index (χ1v) is 8.56. The highest BCUT2D eigenvalue weighted by Crippen LogP contribution is 2.37. The highest BCUT2D eigenvalue weighted by Gasteiger charge is 2.52. The van der Waals surface area contributed by atoms with Gasteiger partial charge in [0, 0.05) is 5.75 Å². The molecule has 0 unspecified atom stereocenters. The molecule has 2 rings (SSSR count). The van der Waals surface area contributed by atoms with E-state index in [0.29, 0.717) is 0 Å². The van der Waals surface area contributed by atoms with Gasteiger partial charge in [0.05, 0.1) is 18.3 Å². The molecule has 0 N–H and O–H groups in total. The summed E-state index contributed by atoms with van der Waals surface area (Å²) in [7, 11) is 1.38. The van der Waals surface area contributed by atoms with Crippen LogP contribution in [0.25, 0.3) is 0 Å². The predicted octanol–water partition coefficient (Wildman–Crippen LogP) is 3.25. The van der Waals surface area contributed by atoms with E-state index in [1.807, 2.05) is 17.8 Å². The average Bonchev–Trinajstić information content (AvgIpc) is 2.64. The monoisotopic (exact) mass is 308 g/mol. The number of ether oxygens (including phenoxy) is 1. The van der Waals surface area contributed by atoms with Gasteiger partial charge in [0.25, 0.3) is 0 Å². The standard InChI is InChI=1S/C16H25BO3S/c1-7-21-11-12-10-13(18-6)8-9-14(12)17-19-15(2,3)16(4,5)20-17/h8-10H,7,11H2,1-6H3. The fourth-order valence-corrected chi connectivity index (χ4v) is 2.92. The lowest BCUT2D eigenvalue weighted by Crippen LogP contribution is -2.41. The van der Waals surface area contributed by atoms with E-state index in [1.54, 1.807) is 7.11 Å². The fourth-order valence-electron chi connectivity index (χ4n) is 2.25. The summed E-state index contributed by atoms with van der Waals surface area (Å²) in [6.07, 6.45) is 0. The number of methoxy groups -OCH3 is 1. The molecule has 1 fully saturated rings. The van der Waals surface area contributed by atoms with Crippen molar-refractivity contribution in [2.45, 2.75) is 51.6 Å². The molecule has 1 aromatic rings. The Bertz CT molecular complexity index is 486. The molecule has 1 aliphatic rings. The summed E-state index contributed by atoms with van der Waals surface area (Å²) in [6.45, 7) is 10.5. The van der Waals surface area contributed by atoms with E-state index in [1.165, 1.54) is 5.56 Å². The summed E-state index contributed by atoms with van der Waals surface area (Å²) in [5.74, 6) is 2.90. The lowest BCUT2D eigenvalue weighted by Gasteiger charge is -2.32. The van der Waals surface area contributed by atoms with E-state index in [9.17, 15) is 0 Å². The maximum absolute atomic E-state index is 6.17. The quantitative estimate of drug-likeness (QED) is 0.781. The Kier molecular flexibility index (Phi) is 4.96.